The van der Waals surface area contributed by atoms with E-state index in [2.05, 4.69) is 0 Å². The molecule has 1 N–H and O–H groups in total. The predicted molar refractivity (Wildman–Crippen MR) is 68.4 cm³/mol. The number of methoxy groups -OCH3 is 1. The van der Waals surface area contributed by atoms with Crippen molar-refractivity contribution in [2.24, 2.45) is 0 Å². The van der Waals surface area contributed by atoms with E-state index in [4.69, 9.17) is 9.47 Å². The maximum Gasteiger partial charge on any atom is 0.305 e. The van der Waals surface area contributed by atoms with Gasteiger partial charge in [0, 0.05) is 6.42 Å². The standard InChI is InChI=1S/C14H20O4/c1-3-9-18-14(16)8-7-13(15)11-5-4-6-12(10-11)17-2/h4-6,10,13,15H,3,7-9H2,1-2H3. The monoisotopic (exact) mass is 252 g/mol. The quantitative estimate of drug-likeness (QED) is 0.757. The number of aliphatic hydroxyl groups excluding tert-OH is 1. The molecule has 0 aromatic heterocycles. The van der Waals surface area contributed by atoms with Gasteiger partial charge in [-0.05, 0) is 30.5 Å². The van der Waals surface area contributed by atoms with Gasteiger partial charge in [0.15, 0.2) is 0 Å². The summed E-state index contributed by atoms with van der Waals surface area (Å²) in [5, 5.41) is 9.95. The third-order valence-electron chi connectivity index (χ3n) is 2.57. The van der Waals surface area contributed by atoms with Crippen LogP contribution in [0.25, 0.3) is 0 Å². The van der Waals surface area contributed by atoms with Crippen LogP contribution in [0.2, 0.25) is 0 Å². The first-order valence-electron chi connectivity index (χ1n) is 6.15. The second kappa shape index (κ2) is 7.71. The maximum atomic E-state index is 11.3. The van der Waals surface area contributed by atoms with E-state index in [9.17, 15) is 9.90 Å². The fourth-order valence-corrected chi connectivity index (χ4v) is 1.56. The molecule has 1 unspecified atom stereocenters. The van der Waals surface area contributed by atoms with E-state index < -0.39 is 6.10 Å². The van der Waals surface area contributed by atoms with Crippen LogP contribution in [0, 0.1) is 0 Å². The van der Waals surface area contributed by atoms with Crippen molar-refractivity contribution >= 4 is 5.97 Å². The van der Waals surface area contributed by atoms with Crippen molar-refractivity contribution in [3.8, 4) is 5.75 Å². The highest BCUT2D eigenvalue weighted by atomic mass is 16.5. The summed E-state index contributed by atoms with van der Waals surface area (Å²) in [7, 11) is 1.58. The molecule has 100 valence electrons. The Bertz CT molecular complexity index is 376. The zero-order valence-corrected chi connectivity index (χ0v) is 10.9. The van der Waals surface area contributed by atoms with Crippen LogP contribution in [0.5, 0.6) is 5.75 Å². The van der Waals surface area contributed by atoms with Gasteiger partial charge < -0.3 is 14.6 Å². The number of esters is 1. The van der Waals surface area contributed by atoms with Crippen molar-refractivity contribution in [2.75, 3.05) is 13.7 Å². The summed E-state index contributed by atoms with van der Waals surface area (Å²) in [5.74, 6) is 0.430. The molecule has 1 aromatic carbocycles. The highest BCUT2D eigenvalue weighted by Gasteiger charge is 2.11. The number of ether oxygens (including phenoxy) is 2. The summed E-state index contributed by atoms with van der Waals surface area (Å²) < 4.78 is 10.0. The smallest absolute Gasteiger partial charge is 0.305 e. The van der Waals surface area contributed by atoms with Crippen LogP contribution >= 0.6 is 0 Å². The molecule has 18 heavy (non-hydrogen) atoms. The molecule has 0 spiro atoms. The lowest BCUT2D eigenvalue weighted by Crippen LogP contribution is -2.08. The van der Waals surface area contributed by atoms with Gasteiger partial charge in [0.2, 0.25) is 0 Å². The molecule has 0 radical (unpaired) electrons. The summed E-state index contributed by atoms with van der Waals surface area (Å²) >= 11 is 0. The van der Waals surface area contributed by atoms with E-state index in [0.717, 1.165) is 12.0 Å². The highest BCUT2D eigenvalue weighted by Crippen LogP contribution is 2.22. The predicted octanol–water partition coefficient (Wildman–Crippen LogP) is 2.46. The molecule has 0 saturated heterocycles. The fourth-order valence-electron chi connectivity index (χ4n) is 1.56. The van der Waals surface area contributed by atoms with Gasteiger partial charge >= 0.3 is 5.97 Å². The minimum Gasteiger partial charge on any atom is -0.497 e. The van der Waals surface area contributed by atoms with Crippen molar-refractivity contribution in [1.29, 1.82) is 0 Å². The molecular formula is C14H20O4. The van der Waals surface area contributed by atoms with Crippen LogP contribution in [0.4, 0.5) is 0 Å². The minimum absolute atomic E-state index is 0.221. The molecule has 0 fully saturated rings. The molecule has 4 nitrogen and oxygen atoms in total. The van der Waals surface area contributed by atoms with E-state index in [1.54, 1.807) is 13.2 Å². The van der Waals surface area contributed by atoms with Crippen molar-refractivity contribution in [2.45, 2.75) is 32.3 Å². The molecule has 0 aliphatic rings. The molecule has 0 saturated carbocycles. The average Bonchev–Trinajstić information content (AvgIpc) is 2.42. The van der Waals surface area contributed by atoms with Gasteiger partial charge in [-0.25, -0.2) is 0 Å². The number of hydrogen-bond acceptors (Lipinski definition) is 4. The van der Waals surface area contributed by atoms with Gasteiger partial charge in [0.1, 0.15) is 5.75 Å². The van der Waals surface area contributed by atoms with E-state index in [1.807, 2.05) is 25.1 Å². The Kier molecular flexibility index (Phi) is 6.22. The van der Waals surface area contributed by atoms with Crippen LogP contribution in [0.15, 0.2) is 24.3 Å². The van der Waals surface area contributed by atoms with Gasteiger partial charge in [0.25, 0.3) is 0 Å². The lowest BCUT2D eigenvalue weighted by Gasteiger charge is -2.11. The second-order valence-corrected chi connectivity index (χ2v) is 4.05. The van der Waals surface area contributed by atoms with Crippen LogP contribution in [-0.4, -0.2) is 24.8 Å². The Morgan fingerprint density at radius 1 is 1.44 bits per heavy atom. The number of carbonyl (C=O) groups is 1. The van der Waals surface area contributed by atoms with Crippen LogP contribution < -0.4 is 4.74 Å². The van der Waals surface area contributed by atoms with Crippen molar-refractivity contribution < 1.29 is 19.4 Å². The third kappa shape index (κ3) is 4.75. The van der Waals surface area contributed by atoms with Gasteiger partial charge in [-0.15, -0.1) is 0 Å². The maximum absolute atomic E-state index is 11.3. The zero-order valence-electron chi connectivity index (χ0n) is 10.9. The SMILES string of the molecule is CCCOC(=O)CCC(O)c1cccc(OC)c1. The first kappa shape index (κ1) is 14.5. The summed E-state index contributed by atoms with van der Waals surface area (Å²) in [6, 6.07) is 7.20. The lowest BCUT2D eigenvalue weighted by molar-refractivity contribution is -0.144. The molecule has 0 bridgehead atoms. The number of rotatable bonds is 7. The van der Waals surface area contributed by atoms with Crippen molar-refractivity contribution in [3.63, 3.8) is 0 Å². The zero-order chi connectivity index (χ0) is 13.4. The van der Waals surface area contributed by atoms with Gasteiger partial charge in [-0.2, -0.15) is 0 Å². The van der Waals surface area contributed by atoms with Crippen LogP contribution in [0.3, 0.4) is 0 Å². The van der Waals surface area contributed by atoms with E-state index in [-0.39, 0.29) is 12.4 Å². The van der Waals surface area contributed by atoms with Gasteiger partial charge in [-0.3, -0.25) is 4.79 Å². The van der Waals surface area contributed by atoms with Gasteiger partial charge in [-0.1, -0.05) is 19.1 Å². The molecule has 1 aromatic rings. The number of benzene rings is 1. The highest BCUT2D eigenvalue weighted by molar-refractivity contribution is 5.69. The topological polar surface area (TPSA) is 55.8 Å². The molecule has 0 amide bonds. The Morgan fingerprint density at radius 3 is 2.89 bits per heavy atom. The molecule has 0 aliphatic heterocycles. The van der Waals surface area contributed by atoms with Gasteiger partial charge in [0.05, 0.1) is 19.8 Å². The molecule has 1 atom stereocenters. The van der Waals surface area contributed by atoms with Crippen LogP contribution in [-0.2, 0) is 9.53 Å². The molecule has 1 rings (SSSR count). The Balaban J connectivity index is 2.44. The summed E-state index contributed by atoms with van der Waals surface area (Å²) in [5.41, 5.74) is 0.748. The van der Waals surface area contributed by atoms with E-state index >= 15 is 0 Å². The van der Waals surface area contributed by atoms with Crippen LogP contribution in [0.1, 0.15) is 37.9 Å². The minimum atomic E-state index is -0.672. The number of hydrogen-bond donors (Lipinski definition) is 1. The molecule has 0 aliphatic carbocycles. The Labute approximate surface area is 108 Å². The molecule has 0 heterocycles. The normalized spacial score (nSPS) is 11.9. The van der Waals surface area contributed by atoms with Crippen molar-refractivity contribution in [3.05, 3.63) is 29.8 Å². The molecule has 4 heteroatoms. The fraction of sp³-hybridized carbons (Fsp3) is 0.500. The first-order chi connectivity index (χ1) is 8.67. The summed E-state index contributed by atoms with van der Waals surface area (Å²) in [4.78, 5) is 11.3. The summed E-state index contributed by atoms with van der Waals surface area (Å²) in [6.07, 6.45) is 0.715. The second-order valence-electron chi connectivity index (χ2n) is 4.05. The summed E-state index contributed by atoms with van der Waals surface area (Å²) in [6.45, 7) is 2.38. The Morgan fingerprint density at radius 2 is 2.22 bits per heavy atom. The van der Waals surface area contributed by atoms with E-state index in [0.29, 0.717) is 18.8 Å². The van der Waals surface area contributed by atoms with E-state index in [1.165, 1.54) is 0 Å². The largest absolute Gasteiger partial charge is 0.497 e. The lowest BCUT2D eigenvalue weighted by atomic mass is 10.0. The Hall–Kier alpha value is -1.55. The average molecular weight is 252 g/mol. The molecular weight excluding hydrogens is 232 g/mol. The third-order valence-corrected chi connectivity index (χ3v) is 2.57. The van der Waals surface area contributed by atoms with Crippen molar-refractivity contribution in [1.82, 2.24) is 0 Å². The first-order valence-corrected chi connectivity index (χ1v) is 6.15. The number of carbonyl (C=O) groups excluding carboxylic acids is 1. The number of aliphatic hydroxyl groups is 1.